The first kappa shape index (κ1) is 13.2. The van der Waals surface area contributed by atoms with E-state index in [1.165, 1.54) is 0 Å². The van der Waals surface area contributed by atoms with Gasteiger partial charge in [-0.15, -0.1) is 0 Å². The summed E-state index contributed by atoms with van der Waals surface area (Å²) in [5.74, 6) is 1.89. The molecule has 0 spiro atoms. The highest BCUT2D eigenvalue weighted by Gasteiger charge is 2.23. The Labute approximate surface area is 123 Å². The van der Waals surface area contributed by atoms with Crippen LogP contribution < -0.4 is 5.73 Å². The minimum Gasteiger partial charge on any atom is -0.369 e. The lowest BCUT2D eigenvalue weighted by Crippen LogP contribution is -2.22. The Hall–Kier alpha value is -0.780. The first-order valence-electron chi connectivity index (χ1n) is 6.03. The summed E-state index contributed by atoms with van der Waals surface area (Å²) in [6.45, 7) is 0. The van der Waals surface area contributed by atoms with E-state index in [9.17, 15) is 4.21 Å². The first-order chi connectivity index (χ1) is 9.06. The number of aromatic nitrogens is 2. The van der Waals surface area contributed by atoms with Gasteiger partial charge >= 0.3 is 0 Å². The van der Waals surface area contributed by atoms with Crippen LogP contribution in [0.3, 0.4) is 0 Å². The van der Waals surface area contributed by atoms with Gasteiger partial charge in [-0.2, -0.15) is 0 Å². The zero-order valence-corrected chi connectivity index (χ0v) is 12.4. The lowest BCUT2D eigenvalue weighted by molar-refractivity contribution is 0.478. The van der Waals surface area contributed by atoms with E-state index < -0.39 is 10.8 Å². The maximum absolute atomic E-state index is 11.4. The van der Waals surface area contributed by atoms with Crippen LogP contribution in [0, 0.1) is 0 Å². The van der Waals surface area contributed by atoms with Gasteiger partial charge in [-0.1, -0.05) is 23.2 Å². The number of nitrogens with zero attached hydrogens (tertiary/aromatic N) is 2. The molecule has 0 radical (unpaired) electrons. The molecule has 102 valence electrons. The maximum Gasteiger partial charge on any atom is 0.201 e. The zero-order valence-electron chi connectivity index (χ0n) is 10.1. The molecule has 2 heterocycles. The summed E-state index contributed by atoms with van der Waals surface area (Å²) in [5.41, 5.74) is 7.65. The van der Waals surface area contributed by atoms with Crippen molar-refractivity contribution in [2.24, 2.45) is 0 Å². The maximum atomic E-state index is 11.4. The average Bonchev–Trinajstić information content (AvgIpc) is 2.67. The monoisotopic (exact) mass is 317 g/mol. The Morgan fingerprint density at radius 1 is 1.26 bits per heavy atom. The van der Waals surface area contributed by atoms with Gasteiger partial charge in [0.25, 0.3) is 0 Å². The van der Waals surface area contributed by atoms with Gasteiger partial charge < -0.3 is 10.3 Å². The Morgan fingerprint density at radius 2 is 1.89 bits per heavy atom. The van der Waals surface area contributed by atoms with Gasteiger partial charge in [-0.05, 0) is 25.0 Å². The van der Waals surface area contributed by atoms with Gasteiger partial charge in [-0.25, -0.2) is 4.98 Å². The molecule has 0 atom stereocenters. The predicted molar refractivity (Wildman–Crippen MR) is 80.3 cm³/mol. The lowest BCUT2D eigenvalue weighted by atomic mass is 10.1. The Balaban J connectivity index is 2.10. The molecule has 0 amide bonds. The Bertz CT molecular complexity index is 661. The molecule has 0 saturated carbocycles. The number of imidazole rings is 1. The molecule has 2 aromatic rings. The van der Waals surface area contributed by atoms with E-state index in [0.29, 0.717) is 27.5 Å². The van der Waals surface area contributed by atoms with Crippen LogP contribution >= 0.6 is 23.2 Å². The molecule has 1 aromatic carbocycles. The molecular weight excluding hydrogens is 305 g/mol. The highest BCUT2D eigenvalue weighted by Crippen LogP contribution is 2.33. The van der Waals surface area contributed by atoms with Crippen molar-refractivity contribution < 1.29 is 4.21 Å². The summed E-state index contributed by atoms with van der Waals surface area (Å²) in [4.78, 5) is 4.33. The summed E-state index contributed by atoms with van der Waals surface area (Å²) in [6, 6.07) is 3.77. The van der Waals surface area contributed by atoms with Crippen molar-refractivity contribution in [3.05, 3.63) is 22.2 Å². The van der Waals surface area contributed by atoms with Crippen LogP contribution in [0.2, 0.25) is 10.0 Å². The number of nitrogens with two attached hydrogens (primary N) is 1. The number of hydrogen-bond acceptors (Lipinski definition) is 3. The highest BCUT2D eigenvalue weighted by atomic mass is 35.5. The van der Waals surface area contributed by atoms with Crippen LogP contribution in [-0.2, 0) is 10.8 Å². The highest BCUT2D eigenvalue weighted by molar-refractivity contribution is 7.85. The minimum atomic E-state index is -0.693. The second kappa shape index (κ2) is 4.96. The molecule has 19 heavy (non-hydrogen) atoms. The molecule has 1 fully saturated rings. The van der Waals surface area contributed by atoms with Crippen molar-refractivity contribution in [3.8, 4) is 0 Å². The summed E-state index contributed by atoms with van der Waals surface area (Å²) in [5, 5.41) is 0.971. The predicted octanol–water partition coefficient (Wildman–Crippen LogP) is 3.01. The molecule has 0 aliphatic carbocycles. The molecule has 3 rings (SSSR count). The summed E-state index contributed by atoms with van der Waals surface area (Å²) in [7, 11) is -0.693. The number of anilines is 1. The number of benzene rings is 1. The van der Waals surface area contributed by atoms with Crippen molar-refractivity contribution in [2.75, 3.05) is 17.2 Å². The summed E-state index contributed by atoms with van der Waals surface area (Å²) in [6.07, 6.45) is 1.70. The van der Waals surface area contributed by atoms with Gasteiger partial charge in [0.1, 0.15) is 0 Å². The minimum absolute atomic E-state index is 0.236. The molecule has 2 N–H and O–H groups in total. The Morgan fingerprint density at radius 3 is 2.58 bits per heavy atom. The molecule has 1 aliphatic heterocycles. The van der Waals surface area contributed by atoms with Crippen LogP contribution in [0.5, 0.6) is 0 Å². The fourth-order valence-corrected chi connectivity index (χ4v) is 4.12. The van der Waals surface area contributed by atoms with E-state index in [2.05, 4.69) is 4.98 Å². The Kier molecular flexibility index (Phi) is 3.45. The number of hydrogen-bond donors (Lipinski definition) is 1. The van der Waals surface area contributed by atoms with Crippen molar-refractivity contribution in [3.63, 3.8) is 0 Å². The van der Waals surface area contributed by atoms with E-state index in [1.807, 2.05) is 4.57 Å². The molecule has 7 heteroatoms. The molecule has 0 unspecified atom stereocenters. The van der Waals surface area contributed by atoms with E-state index in [4.69, 9.17) is 28.9 Å². The molecule has 0 bridgehead atoms. The number of halogens is 2. The zero-order chi connectivity index (χ0) is 13.6. The topological polar surface area (TPSA) is 60.9 Å². The van der Waals surface area contributed by atoms with Crippen molar-refractivity contribution in [1.82, 2.24) is 9.55 Å². The third-order valence-corrected chi connectivity index (χ3v) is 5.59. The number of fused-ring (bicyclic) bond motifs is 1. The molecule has 1 saturated heterocycles. The third kappa shape index (κ3) is 2.35. The second-order valence-electron chi connectivity index (χ2n) is 4.67. The molecule has 4 nitrogen and oxygen atoms in total. The van der Waals surface area contributed by atoms with E-state index in [0.717, 1.165) is 23.9 Å². The third-order valence-electron chi connectivity index (χ3n) is 3.48. The SMILES string of the molecule is Nc1nc2cc(Cl)c(Cl)cc2n1C1CCS(=O)CC1. The average molecular weight is 318 g/mol. The number of rotatable bonds is 1. The van der Waals surface area contributed by atoms with Crippen molar-refractivity contribution in [2.45, 2.75) is 18.9 Å². The van der Waals surface area contributed by atoms with E-state index >= 15 is 0 Å². The van der Waals surface area contributed by atoms with Crippen LogP contribution in [0.25, 0.3) is 11.0 Å². The van der Waals surface area contributed by atoms with Gasteiger partial charge in [0.05, 0.1) is 21.1 Å². The van der Waals surface area contributed by atoms with Crippen LogP contribution in [0.4, 0.5) is 5.95 Å². The van der Waals surface area contributed by atoms with Crippen LogP contribution in [-0.4, -0.2) is 25.3 Å². The van der Waals surface area contributed by atoms with Crippen molar-refractivity contribution in [1.29, 1.82) is 0 Å². The molecular formula is C12H13Cl2N3OS. The smallest absolute Gasteiger partial charge is 0.201 e. The summed E-state index contributed by atoms with van der Waals surface area (Å²) >= 11 is 12.1. The fourth-order valence-electron chi connectivity index (χ4n) is 2.53. The van der Waals surface area contributed by atoms with E-state index in [-0.39, 0.29) is 6.04 Å². The largest absolute Gasteiger partial charge is 0.369 e. The van der Waals surface area contributed by atoms with Crippen molar-refractivity contribution >= 4 is 51.0 Å². The quantitative estimate of drug-likeness (QED) is 0.879. The standard InChI is InChI=1S/C12H13Cl2N3OS/c13-8-5-10-11(6-9(8)14)17(12(15)16-10)7-1-3-19(18)4-2-7/h5-7H,1-4H2,(H2,15,16). The fraction of sp³-hybridized carbons (Fsp3) is 0.417. The van der Waals surface area contributed by atoms with E-state index in [1.54, 1.807) is 12.1 Å². The lowest BCUT2D eigenvalue weighted by Gasteiger charge is -2.24. The normalized spacial score (nSPS) is 23.9. The van der Waals surface area contributed by atoms with Crippen LogP contribution in [0.1, 0.15) is 18.9 Å². The van der Waals surface area contributed by atoms with Gasteiger partial charge in [0.2, 0.25) is 5.95 Å². The van der Waals surface area contributed by atoms with Gasteiger partial charge in [0.15, 0.2) is 0 Å². The van der Waals surface area contributed by atoms with Crippen LogP contribution in [0.15, 0.2) is 12.1 Å². The summed E-state index contributed by atoms with van der Waals surface area (Å²) < 4.78 is 13.4. The molecule has 1 aliphatic rings. The number of nitrogen functional groups attached to an aromatic ring is 1. The van der Waals surface area contributed by atoms with Gasteiger partial charge in [-0.3, -0.25) is 4.21 Å². The first-order valence-corrected chi connectivity index (χ1v) is 8.28. The second-order valence-corrected chi connectivity index (χ2v) is 7.18. The van der Waals surface area contributed by atoms with Gasteiger partial charge in [0, 0.05) is 28.3 Å². The molecule has 1 aromatic heterocycles.